The molecular weight excluding hydrogens is 265 g/mol. The lowest BCUT2D eigenvalue weighted by atomic mass is 9.85. The largest absolute Gasteiger partial charge is 0.490 e. The van der Waals surface area contributed by atoms with Crippen LogP contribution in [0.5, 0.6) is 5.75 Å². The van der Waals surface area contributed by atoms with Crippen molar-refractivity contribution in [2.75, 3.05) is 13.1 Å². The van der Waals surface area contributed by atoms with E-state index < -0.39 is 0 Å². The average Bonchev–Trinajstić information content (AvgIpc) is 3.11. The quantitative estimate of drug-likeness (QED) is 0.857. The summed E-state index contributed by atoms with van der Waals surface area (Å²) in [6.45, 7) is 4.28. The van der Waals surface area contributed by atoms with Gasteiger partial charge in [-0.25, -0.2) is 4.39 Å². The van der Waals surface area contributed by atoms with Crippen LogP contribution in [-0.4, -0.2) is 19.2 Å². The van der Waals surface area contributed by atoms with Gasteiger partial charge in [-0.1, -0.05) is 32.6 Å². The van der Waals surface area contributed by atoms with Crippen LogP contribution < -0.4 is 10.1 Å². The molecule has 0 amide bonds. The second-order valence-corrected chi connectivity index (χ2v) is 6.54. The minimum atomic E-state index is -0.155. The highest BCUT2D eigenvalue weighted by molar-refractivity contribution is 5.37. The van der Waals surface area contributed by atoms with Crippen LogP contribution in [0.15, 0.2) is 18.2 Å². The zero-order valence-electron chi connectivity index (χ0n) is 12.9. The molecule has 0 aromatic heterocycles. The molecule has 3 heteroatoms. The van der Waals surface area contributed by atoms with Crippen molar-refractivity contribution in [3.8, 4) is 5.75 Å². The number of fused-ring (bicyclic) bond motifs is 1. The molecule has 1 aromatic rings. The minimum Gasteiger partial charge on any atom is -0.490 e. The SMILES string of the molecule is CCNCC(CC1Cc2cc(F)ccc2O1)C1CCCC1. The first-order chi connectivity index (χ1) is 10.3. The fraction of sp³-hybridized carbons (Fsp3) is 0.667. The van der Waals surface area contributed by atoms with Crippen molar-refractivity contribution in [1.29, 1.82) is 0 Å². The van der Waals surface area contributed by atoms with Crippen molar-refractivity contribution in [2.45, 2.75) is 51.6 Å². The molecular formula is C18H26FNO. The van der Waals surface area contributed by atoms with Crippen LogP contribution in [0.4, 0.5) is 4.39 Å². The Kier molecular flexibility index (Phi) is 4.79. The molecule has 0 bridgehead atoms. The normalized spacial score (nSPS) is 23.0. The van der Waals surface area contributed by atoms with Crippen LogP contribution in [-0.2, 0) is 6.42 Å². The summed E-state index contributed by atoms with van der Waals surface area (Å²) in [5.41, 5.74) is 1.04. The maximum Gasteiger partial charge on any atom is 0.123 e. The van der Waals surface area contributed by atoms with E-state index in [0.717, 1.165) is 43.2 Å². The average molecular weight is 291 g/mol. The molecule has 116 valence electrons. The van der Waals surface area contributed by atoms with E-state index in [9.17, 15) is 4.39 Å². The molecule has 0 radical (unpaired) electrons. The van der Waals surface area contributed by atoms with Crippen LogP contribution in [0.2, 0.25) is 0 Å². The Hall–Kier alpha value is -1.09. The first-order valence-corrected chi connectivity index (χ1v) is 8.42. The number of halogens is 1. The first-order valence-electron chi connectivity index (χ1n) is 8.42. The Labute approximate surface area is 127 Å². The van der Waals surface area contributed by atoms with Gasteiger partial charge in [0.1, 0.15) is 17.7 Å². The summed E-state index contributed by atoms with van der Waals surface area (Å²) >= 11 is 0. The second-order valence-electron chi connectivity index (χ2n) is 6.54. The van der Waals surface area contributed by atoms with Crippen molar-refractivity contribution < 1.29 is 9.13 Å². The summed E-state index contributed by atoms with van der Waals surface area (Å²) in [5.74, 6) is 2.26. The summed E-state index contributed by atoms with van der Waals surface area (Å²) in [6.07, 6.45) is 7.67. The Morgan fingerprint density at radius 3 is 2.90 bits per heavy atom. The fourth-order valence-corrected chi connectivity index (χ4v) is 3.96. The minimum absolute atomic E-state index is 0.155. The lowest BCUT2D eigenvalue weighted by Crippen LogP contribution is -2.31. The topological polar surface area (TPSA) is 21.3 Å². The molecule has 1 saturated carbocycles. The van der Waals surface area contributed by atoms with Gasteiger partial charge in [0.25, 0.3) is 0 Å². The molecule has 1 heterocycles. The number of hydrogen-bond acceptors (Lipinski definition) is 2. The molecule has 1 fully saturated rings. The number of hydrogen-bond donors (Lipinski definition) is 1. The first kappa shape index (κ1) is 14.8. The third-order valence-electron chi connectivity index (χ3n) is 5.05. The lowest BCUT2D eigenvalue weighted by Gasteiger charge is -2.26. The van der Waals surface area contributed by atoms with Crippen LogP contribution >= 0.6 is 0 Å². The smallest absolute Gasteiger partial charge is 0.123 e. The van der Waals surface area contributed by atoms with Crippen LogP contribution in [0.1, 0.15) is 44.6 Å². The van der Waals surface area contributed by atoms with Gasteiger partial charge >= 0.3 is 0 Å². The fourth-order valence-electron chi connectivity index (χ4n) is 3.96. The van der Waals surface area contributed by atoms with Gasteiger partial charge in [0, 0.05) is 12.0 Å². The van der Waals surface area contributed by atoms with Crippen LogP contribution in [0, 0.1) is 17.7 Å². The number of benzene rings is 1. The van der Waals surface area contributed by atoms with Gasteiger partial charge in [0.15, 0.2) is 0 Å². The van der Waals surface area contributed by atoms with E-state index in [0.29, 0.717) is 5.92 Å². The van der Waals surface area contributed by atoms with E-state index in [1.165, 1.54) is 31.7 Å². The zero-order chi connectivity index (χ0) is 14.7. The Bertz CT molecular complexity index is 470. The number of ether oxygens (including phenoxy) is 1. The molecule has 1 aliphatic carbocycles. The molecule has 1 N–H and O–H groups in total. The molecule has 2 nitrogen and oxygen atoms in total. The van der Waals surface area contributed by atoms with Gasteiger partial charge < -0.3 is 10.1 Å². The molecule has 2 aliphatic rings. The van der Waals surface area contributed by atoms with E-state index >= 15 is 0 Å². The highest BCUT2D eigenvalue weighted by Gasteiger charge is 2.31. The number of rotatable bonds is 6. The van der Waals surface area contributed by atoms with Crippen molar-refractivity contribution in [1.82, 2.24) is 5.32 Å². The van der Waals surface area contributed by atoms with E-state index in [-0.39, 0.29) is 11.9 Å². The zero-order valence-corrected chi connectivity index (χ0v) is 12.9. The third kappa shape index (κ3) is 3.57. The van der Waals surface area contributed by atoms with E-state index in [4.69, 9.17) is 4.74 Å². The predicted molar refractivity (Wildman–Crippen MR) is 83.1 cm³/mol. The van der Waals surface area contributed by atoms with Gasteiger partial charge in [-0.2, -0.15) is 0 Å². The van der Waals surface area contributed by atoms with Crippen molar-refractivity contribution in [2.24, 2.45) is 11.8 Å². The molecule has 0 saturated heterocycles. The highest BCUT2D eigenvalue weighted by Crippen LogP contribution is 2.37. The van der Waals surface area contributed by atoms with E-state index in [2.05, 4.69) is 12.2 Å². The van der Waals surface area contributed by atoms with Gasteiger partial charge in [-0.15, -0.1) is 0 Å². The summed E-state index contributed by atoms with van der Waals surface area (Å²) in [7, 11) is 0. The molecule has 2 atom stereocenters. The van der Waals surface area contributed by atoms with Crippen LogP contribution in [0.3, 0.4) is 0 Å². The summed E-state index contributed by atoms with van der Waals surface area (Å²) < 4.78 is 19.3. The van der Waals surface area contributed by atoms with E-state index in [1.54, 1.807) is 12.1 Å². The molecule has 1 aliphatic heterocycles. The van der Waals surface area contributed by atoms with Crippen molar-refractivity contribution in [3.05, 3.63) is 29.6 Å². The third-order valence-corrected chi connectivity index (χ3v) is 5.05. The highest BCUT2D eigenvalue weighted by atomic mass is 19.1. The van der Waals surface area contributed by atoms with Crippen LogP contribution in [0.25, 0.3) is 0 Å². The molecule has 3 rings (SSSR count). The van der Waals surface area contributed by atoms with Gasteiger partial charge in [0.05, 0.1) is 0 Å². The summed E-state index contributed by atoms with van der Waals surface area (Å²) in [5, 5.41) is 3.51. The summed E-state index contributed by atoms with van der Waals surface area (Å²) in [4.78, 5) is 0. The summed E-state index contributed by atoms with van der Waals surface area (Å²) in [6, 6.07) is 4.90. The Balaban J connectivity index is 1.61. The maximum absolute atomic E-state index is 13.3. The van der Waals surface area contributed by atoms with Gasteiger partial charge in [-0.3, -0.25) is 0 Å². The lowest BCUT2D eigenvalue weighted by molar-refractivity contribution is 0.165. The second kappa shape index (κ2) is 6.78. The standard InChI is InChI=1S/C18H26FNO/c1-2-20-12-15(13-5-3-4-6-13)11-17-10-14-9-16(19)7-8-18(14)21-17/h7-9,13,15,17,20H,2-6,10-12H2,1H3. The Morgan fingerprint density at radius 1 is 1.33 bits per heavy atom. The van der Waals surface area contributed by atoms with Gasteiger partial charge in [0.2, 0.25) is 0 Å². The molecule has 2 unspecified atom stereocenters. The van der Waals surface area contributed by atoms with E-state index in [1.807, 2.05) is 0 Å². The van der Waals surface area contributed by atoms with Crippen molar-refractivity contribution >= 4 is 0 Å². The molecule has 21 heavy (non-hydrogen) atoms. The Morgan fingerprint density at radius 2 is 2.14 bits per heavy atom. The van der Waals surface area contributed by atoms with Crippen molar-refractivity contribution in [3.63, 3.8) is 0 Å². The molecule has 1 aromatic carbocycles. The predicted octanol–water partition coefficient (Wildman–Crippen LogP) is 3.94. The molecule has 0 spiro atoms. The number of nitrogens with one attached hydrogen (secondary N) is 1. The monoisotopic (exact) mass is 291 g/mol. The van der Waals surface area contributed by atoms with Gasteiger partial charge in [-0.05, 0) is 49.5 Å². The maximum atomic E-state index is 13.3.